The average Bonchev–Trinajstić information content (AvgIpc) is 3.33. The smallest absolute Gasteiger partial charge is 0.394 e. The molecule has 21 nitrogen and oxygen atoms in total. The third-order valence-electron chi connectivity index (χ3n) is 5.97. The molecule has 2 aliphatic rings. The molecule has 4 heterocycles. The van der Waals surface area contributed by atoms with E-state index in [4.69, 9.17) is 30.0 Å². The van der Waals surface area contributed by atoms with E-state index in [0.29, 0.717) is 0 Å². The van der Waals surface area contributed by atoms with Crippen LogP contribution >= 0.6 is 15.6 Å². The maximum absolute atomic E-state index is 12.8. The molecule has 2 saturated heterocycles. The van der Waals surface area contributed by atoms with Gasteiger partial charge in [-0.05, 0) is 12.1 Å². The van der Waals surface area contributed by atoms with Crippen LogP contribution in [0.3, 0.4) is 0 Å². The summed E-state index contributed by atoms with van der Waals surface area (Å²) < 4.78 is 51.1. The van der Waals surface area contributed by atoms with E-state index >= 15 is 0 Å². The van der Waals surface area contributed by atoms with Gasteiger partial charge >= 0.3 is 27.0 Å². The first-order valence-corrected chi connectivity index (χ1v) is 14.5. The molecule has 2 aromatic heterocycles. The second-order valence-electron chi connectivity index (χ2n) is 8.77. The molecule has 9 atom stereocenters. The molecule has 0 aliphatic carbocycles. The van der Waals surface area contributed by atoms with E-state index in [1.807, 2.05) is 0 Å². The Morgan fingerprint density at radius 3 is 1.76 bits per heavy atom. The van der Waals surface area contributed by atoms with Crippen molar-refractivity contribution in [3.63, 3.8) is 0 Å². The van der Waals surface area contributed by atoms with Gasteiger partial charge in [0.1, 0.15) is 48.3 Å². The van der Waals surface area contributed by atoms with Crippen LogP contribution in [-0.4, -0.2) is 98.9 Å². The minimum Gasteiger partial charge on any atom is -0.394 e. The summed E-state index contributed by atoms with van der Waals surface area (Å²) in [5.41, 5.74) is 8.93. The lowest BCUT2D eigenvalue weighted by molar-refractivity contribution is -0.0612. The summed E-state index contributed by atoms with van der Waals surface area (Å²) in [4.78, 5) is 60.2. The molecule has 0 saturated carbocycles. The van der Waals surface area contributed by atoms with Crippen LogP contribution in [0.2, 0.25) is 0 Å². The molecule has 2 aromatic rings. The Morgan fingerprint density at radius 1 is 0.854 bits per heavy atom. The fraction of sp³-hybridized carbons (Fsp3) is 0.556. The van der Waals surface area contributed by atoms with Gasteiger partial charge in [0.15, 0.2) is 12.5 Å². The minimum atomic E-state index is -5.28. The number of nitrogen functional groups attached to an aromatic ring is 2. The number of hydrogen-bond donors (Lipinski definition) is 8. The number of aromatic nitrogens is 4. The monoisotopic (exact) mass is 628 g/mol. The second kappa shape index (κ2) is 11.9. The van der Waals surface area contributed by atoms with Crippen LogP contribution in [0.4, 0.5) is 11.6 Å². The second-order valence-corrected chi connectivity index (χ2v) is 11.4. The van der Waals surface area contributed by atoms with Crippen molar-refractivity contribution in [2.45, 2.75) is 49.1 Å². The van der Waals surface area contributed by atoms with E-state index in [-0.39, 0.29) is 11.6 Å². The summed E-state index contributed by atoms with van der Waals surface area (Å²) in [6, 6.07) is 2.39. The van der Waals surface area contributed by atoms with Gasteiger partial charge in [-0.1, -0.05) is 0 Å². The lowest BCUT2D eigenvalue weighted by Gasteiger charge is -2.24. The molecular weight excluding hydrogens is 602 g/mol. The Balaban J connectivity index is 1.50. The molecule has 41 heavy (non-hydrogen) atoms. The number of phosphoric acid groups is 2. The number of aliphatic hydroxyl groups excluding tert-OH is 3. The van der Waals surface area contributed by atoms with Crippen molar-refractivity contribution in [1.82, 2.24) is 19.1 Å². The minimum absolute atomic E-state index is 0.126. The van der Waals surface area contributed by atoms with Crippen LogP contribution in [0.25, 0.3) is 0 Å². The molecule has 1 unspecified atom stereocenters. The highest BCUT2D eigenvalue weighted by atomic mass is 31.2. The largest absolute Gasteiger partial charge is 0.472 e. The zero-order chi connectivity index (χ0) is 30.3. The van der Waals surface area contributed by atoms with Gasteiger partial charge in [-0.25, -0.2) is 18.7 Å². The Morgan fingerprint density at radius 2 is 1.32 bits per heavy atom. The van der Waals surface area contributed by atoms with Crippen molar-refractivity contribution in [2.24, 2.45) is 0 Å². The Hall–Kier alpha value is -2.62. The van der Waals surface area contributed by atoms with Gasteiger partial charge < -0.3 is 50.9 Å². The van der Waals surface area contributed by atoms with E-state index < -0.39 is 89.3 Å². The number of nitrogens with zero attached hydrogens (tertiary/aromatic N) is 4. The van der Waals surface area contributed by atoms with Crippen LogP contribution < -0.4 is 22.8 Å². The fourth-order valence-corrected chi connectivity index (χ4v) is 5.73. The first kappa shape index (κ1) is 31.3. The average molecular weight is 628 g/mol. The summed E-state index contributed by atoms with van der Waals surface area (Å²) in [6.07, 6.45) is -11.4. The molecule has 0 spiro atoms. The van der Waals surface area contributed by atoms with Crippen LogP contribution in [0.15, 0.2) is 34.1 Å². The van der Waals surface area contributed by atoms with Crippen molar-refractivity contribution in [3.8, 4) is 0 Å². The van der Waals surface area contributed by atoms with Gasteiger partial charge in [0, 0.05) is 12.4 Å². The van der Waals surface area contributed by atoms with Crippen molar-refractivity contribution >= 4 is 27.3 Å². The third kappa shape index (κ3) is 7.07. The number of nitrogens with two attached hydrogens (primary N) is 2. The summed E-state index contributed by atoms with van der Waals surface area (Å²) >= 11 is 0. The normalized spacial score (nSPS) is 31.8. The molecule has 0 bridgehead atoms. The summed E-state index contributed by atoms with van der Waals surface area (Å²) in [5, 5.41) is 30.9. The van der Waals surface area contributed by atoms with Crippen LogP contribution in [0, 0.1) is 0 Å². The lowest BCUT2D eigenvalue weighted by atomic mass is 10.1. The van der Waals surface area contributed by atoms with Crippen molar-refractivity contribution < 1.29 is 62.2 Å². The van der Waals surface area contributed by atoms with Crippen molar-refractivity contribution in [3.05, 3.63) is 45.5 Å². The number of hydrogen-bond acceptors (Lipinski definition) is 16. The highest BCUT2D eigenvalue weighted by Crippen LogP contribution is 2.50. The summed E-state index contributed by atoms with van der Waals surface area (Å²) in [6.45, 7) is -1.85. The molecule has 2 fully saturated rings. The Bertz CT molecular complexity index is 1470. The van der Waals surface area contributed by atoms with E-state index in [1.54, 1.807) is 0 Å². The van der Waals surface area contributed by atoms with E-state index in [0.717, 1.165) is 21.5 Å². The number of rotatable bonds is 10. The van der Waals surface area contributed by atoms with Crippen LogP contribution in [0.1, 0.15) is 12.5 Å². The molecule has 2 aliphatic heterocycles. The van der Waals surface area contributed by atoms with Crippen molar-refractivity contribution in [2.75, 3.05) is 24.7 Å². The number of phosphoric ester groups is 2. The maximum Gasteiger partial charge on any atom is 0.472 e. The molecule has 4 rings (SSSR count). The first-order valence-electron chi connectivity index (χ1n) is 11.5. The zero-order valence-electron chi connectivity index (χ0n) is 20.5. The molecule has 23 heteroatoms. The predicted molar refractivity (Wildman–Crippen MR) is 130 cm³/mol. The number of ether oxygens (including phenoxy) is 2. The summed E-state index contributed by atoms with van der Waals surface area (Å²) in [7, 11) is -10.5. The molecular formula is C18H26N6O15P2. The SMILES string of the molecule is Nc1ccn([C@@H]2O[C@H](COP(=O)(O)O[C@H]3[C@@H](O)[C@H](n4ccc(N)nc4=O)O[C@@H]3CO)[C@@H](OP(=O)(O)O)[C@H]2O)c(=O)n1. The van der Waals surface area contributed by atoms with Gasteiger partial charge in [0.25, 0.3) is 0 Å². The molecule has 0 aromatic carbocycles. The van der Waals surface area contributed by atoms with Gasteiger partial charge in [0.05, 0.1) is 13.2 Å². The predicted octanol–water partition coefficient (Wildman–Crippen LogP) is -3.85. The molecule has 0 amide bonds. The Labute approximate surface area is 228 Å². The van der Waals surface area contributed by atoms with Gasteiger partial charge in [0.2, 0.25) is 0 Å². The highest BCUT2D eigenvalue weighted by Gasteiger charge is 2.51. The topological polar surface area (TPSA) is 323 Å². The van der Waals surface area contributed by atoms with E-state index in [9.17, 15) is 48.7 Å². The lowest BCUT2D eigenvalue weighted by Crippen LogP contribution is -2.38. The van der Waals surface area contributed by atoms with Gasteiger partial charge in [-0.2, -0.15) is 9.97 Å². The highest BCUT2D eigenvalue weighted by molar-refractivity contribution is 7.47. The van der Waals surface area contributed by atoms with Gasteiger partial charge in [-0.3, -0.25) is 22.7 Å². The summed E-state index contributed by atoms with van der Waals surface area (Å²) in [5.74, 6) is -0.294. The fourth-order valence-electron chi connectivity index (χ4n) is 4.19. The molecule has 228 valence electrons. The molecule has 0 radical (unpaired) electrons. The standard InChI is InChI=1S/C18H26N6O15P2/c19-9-1-3-23(17(28)21-9)15-11(26)13(7(5-25)36-15)39-41(33,34)35-6-8-14(38-40(30,31)32)12(27)16(37-8)24-4-2-10(20)22-18(24)29/h1-4,7-8,11-16,25-27H,5-6H2,(H,33,34)(H2,19,21,28)(H2,20,22,29)(H2,30,31,32)/t7-,8-,11-,12-,13-,14-,15-,16-/m1/s1. The zero-order valence-corrected chi connectivity index (χ0v) is 22.3. The quantitative estimate of drug-likeness (QED) is 0.117. The maximum atomic E-state index is 12.8. The van der Waals surface area contributed by atoms with Crippen LogP contribution in [0.5, 0.6) is 0 Å². The van der Waals surface area contributed by atoms with E-state index in [1.165, 1.54) is 12.1 Å². The third-order valence-corrected chi connectivity index (χ3v) is 7.47. The molecule has 10 N–H and O–H groups in total. The van der Waals surface area contributed by atoms with E-state index in [2.05, 4.69) is 14.5 Å². The Kier molecular flexibility index (Phi) is 9.12. The van der Waals surface area contributed by atoms with Gasteiger partial charge in [-0.15, -0.1) is 0 Å². The first-order chi connectivity index (χ1) is 19.1. The number of anilines is 2. The number of aliphatic hydroxyl groups is 3. The van der Waals surface area contributed by atoms with Crippen LogP contribution in [-0.2, 0) is 32.2 Å². The van der Waals surface area contributed by atoms with Crippen molar-refractivity contribution in [1.29, 1.82) is 0 Å².